The minimum absolute atomic E-state index is 0.0182. The highest BCUT2D eigenvalue weighted by atomic mass is 19.4. The maximum Gasteiger partial charge on any atom is 0.416 e. The molecule has 0 spiro atoms. The molecular weight excluding hydrogens is 516 g/mol. The largest absolute Gasteiger partial charge is 0.478 e. The summed E-state index contributed by atoms with van der Waals surface area (Å²) >= 11 is 0. The highest BCUT2D eigenvalue weighted by molar-refractivity contribution is 5.92. The Bertz CT molecular complexity index is 1510. The summed E-state index contributed by atoms with van der Waals surface area (Å²) < 4.78 is 60.0. The Morgan fingerprint density at radius 2 is 1.85 bits per heavy atom. The first kappa shape index (κ1) is 26.6. The molecule has 0 bridgehead atoms. The first-order chi connectivity index (χ1) is 18.6. The molecule has 1 aliphatic rings. The van der Waals surface area contributed by atoms with Gasteiger partial charge in [-0.2, -0.15) is 13.2 Å². The number of ether oxygens (including phenoxy) is 1. The number of rotatable bonds is 7. The number of aromatic nitrogens is 3. The fraction of sp³-hybridized carbons (Fsp3) is 0.321. The van der Waals surface area contributed by atoms with Crippen LogP contribution in [0.4, 0.5) is 17.6 Å². The van der Waals surface area contributed by atoms with E-state index in [2.05, 4.69) is 14.9 Å². The van der Waals surface area contributed by atoms with Gasteiger partial charge >= 0.3 is 12.1 Å². The highest BCUT2D eigenvalue weighted by Gasteiger charge is 2.31. The summed E-state index contributed by atoms with van der Waals surface area (Å²) in [7, 11) is 1.88. The standard InChI is InChI=1S/C28H26F4N4O3/c1-35-24-13-18(27(37)38)6-8-23(24)33-25(35)15-36-11-9-17(10-12-36)22-3-2-4-26(34-22)39-16-19-5-7-20(14-21(19)29)28(30,31)32/h2-8,13-14,17H,9-12,15-16H2,1H3,(H,37,38). The molecule has 4 aromatic rings. The van der Waals surface area contributed by atoms with Crippen molar-refractivity contribution in [1.29, 1.82) is 0 Å². The van der Waals surface area contributed by atoms with Gasteiger partial charge in [-0.1, -0.05) is 12.1 Å². The number of hydrogen-bond acceptors (Lipinski definition) is 5. The van der Waals surface area contributed by atoms with Crippen LogP contribution >= 0.6 is 0 Å². The van der Waals surface area contributed by atoms with E-state index in [0.717, 1.165) is 60.6 Å². The summed E-state index contributed by atoms with van der Waals surface area (Å²) in [6.07, 6.45) is -2.89. The van der Waals surface area contributed by atoms with Gasteiger partial charge in [-0.15, -0.1) is 0 Å². The zero-order valence-electron chi connectivity index (χ0n) is 21.1. The third kappa shape index (κ3) is 5.88. The maximum atomic E-state index is 14.1. The number of nitrogens with zero attached hydrogens (tertiary/aromatic N) is 4. The maximum absolute atomic E-state index is 14.1. The lowest BCUT2D eigenvalue weighted by molar-refractivity contribution is -0.137. The highest BCUT2D eigenvalue weighted by Crippen LogP contribution is 2.31. The number of hydrogen-bond donors (Lipinski definition) is 1. The number of imidazole rings is 1. The van der Waals surface area contributed by atoms with Crippen molar-refractivity contribution in [3.05, 3.63) is 88.6 Å². The van der Waals surface area contributed by atoms with E-state index in [1.54, 1.807) is 30.3 Å². The van der Waals surface area contributed by atoms with Gasteiger partial charge in [0.15, 0.2) is 0 Å². The van der Waals surface area contributed by atoms with Crippen molar-refractivity contribution in [3.63, 3.8) is 0 Å². The van der Waals surface area contributed by atoms with Crippen LogP contribution in [0.25, 0.3) is 11.0 Å². The summed E-state index contributed by atoms with van der Waals surface area (Å²) in [6, 6.07) is 12.6. The molecular formula is C28H26F4N4O3. The van der Waals surface area contributed by atoms with Crippen LogP contribution in [0.5, 0.6) is 5.88 Å². The van der Waals surface area contributed by atoms with Crippen molar-refractivity contribution in [2.75, 3.05) is 13.1 Å². The van der Waals surface area contributed by atoms with Crippen molar-refractivity contribution in [1.82, 2.24) is 19.4 Å². The molecule has 204 valence electrons. The lowest BCUT2D eigenvalue weighted by Crippen LogP contribution is -2.33. The van der Waals surface area contributed by atoms with Gasteiger partial charge in [-0.25, -0.2) is 19.2 Å². The minimum atomic E-state index is -4.61. The zero-order valence-corrected chi connectivity index (χ0v) is 21.1. The van der Waals surface area contributed by atoms with Gasteiger partial charge in [-0.3, -0.25) is 4.90 Å². The number of benzene rings is 2. The first-order valence-corrected chi connectivity index (χ1v) is 12.4. The van der Waals surface area contributed by atoms with Crippen molar-refractivity contribution in [2.24, 2.45) is 7.05 Å². The normalized spacial score (nSPS) is 15.1. The summed E-state index contributed by atoms with van der Waals surface area (Å²) in [6.45, 7) is 2.04. The van der Waals surface area contributed by atoms with Crippen molar-refractivity contribution in [3.8, 4) is 5.88 Å². The Hall–Kier alpha value is -3.99. The molecule has 0 atom stereocenters. The second-order valence-electron chi connectivity index (χ2n) is 9.64. The van der Waals surface area contributed by atoms with Crippen molar-refractivity contribution >= 4 is 17.0 Å². The summed E-state index contributed by atoms with van der Waals surface area (Å²) in [4.78, 5) is 22.8. The lowest BCUT2D eigenvalue weighted by Gasteiger charge is -2.31. The number of halogens is 4. The molecule has 1 aliphatic heterocycles. The quantitative estimate of drug-likeness (QED) is 0.298. The molecule has 1 N–H and O–H groups in total. The van der Waals surface area contributed by atoms with Crippen LogP contribution in [-0.4, -0.2) is 43.6 Å². The monoisotopic (exact) mass is 542 g/mol. The number of fused-ring (bicyclic) bond motifs is 1. The van der Waals surface area contributed by atoms with E-state index < -0.39 is 23.5 Å². The molecule has 0 saturated carbocycles. The fourth-order valence-corrected chi connectivity index (χ4v) is 4.83. The van der Waals surface area contributed by atoms with Gasteiger partial charge in [0.25, 0.3) is 0 Å². The van der Waals surface area contributed by atoms with Crippen LogP contribution < -0.4 is 4.74 Å². The molecule has 39 heavy (non-hydrogen) atoms. The van der Waals surface area contributed by atoms with Crippen LogP contribution in [0.15, 0.2) is 54.6 Å². The fourth-order valence-electron chi connectivity index (χ4n) is 4.83. The smallest absolute Gasteiger partial charge is 0.416 e. The second kappa shape index (κ2) is 10.6. The lowest BCUT2D eigenvalue weighted by atomic mass is 9.93. The Morgan fingerprint density at radius 1 is 1.08 bits per heavy atom. The average molecular weight is 543 g/mol. The van der Waals surface area contributed by atoms with Crippen molar-refractivity contribution < 1.29 is 32.2 Å². The van der Waals surface area contributed by atoms with Crippen LogP contribution in [0, 0.1) is 5.82 Å². The number of alkyl halides is 3. The van der Waals surface area contributed by atoms with Crippen LogP contribution in [0.1, 0.15) is 51.8 Å². The number of carbonyl (C=O) groups is 1. The number of piperidine rings is 1. The number of carboxylic acids is 1. The Labute approximate surface area is 221 Å². The number of pyridine rings is 1. The molecule has 2 aromatic carbocycles. The minimum Gasteiger partial charge on any atom is -0.478 e. The van der Waals surface area contributed by atoms with E-state index in [-0.39, 0.29) is 29.5 Å². The molecule has 0 amide bonds. The summed E-state index contributed by atoms with van der Waals surface area (Å²) in [5.74, 6) is -0.608. The molecule has 1 fully saturated rings. The van der Waals surface area contributed by atoms with E-state index >= 15 is 0 Å². The predicted molar refractivity (Wildman–Crippen MR) is 135 cm³/mol. The number of carboxylic acid groups (broad SMARTS) is 1. The van der Waals surface area contributed by atoms with Gasteiger partial charge in [-0.05, 0) is 62.3 Å². The molecule has 5 rings (SSSR count). The van der Waals surface area contributed by atoms with Crippen LogP contribution in [0.3, 0.4) is 0 Å². The molecule has 0 radical (unpaired) electrons. The van der Waals surface area contributed by atoms with Gasteiger partial charge in [0, 0.05) is 30.3 Å². The number of aromatic carboxylic acids is 1. The summed E-state index contributed by atoms with van der Waals surface area (Å²) in [5, 5.41) is 9.27. The third-order valence-corrected chi connectivity index (χ3v) is 7.09. The number of aryl methyl sites for hydroxylation is 1. The van der Waals surface area contributed by atoms with Crippen LogP contribution in [0.2, 0.25) is 0 Å². The van der Waals surface area contributed by atoms with Gasteiger partial charge in [0.1, 0.15) is 18.2 Å². The van der Waals surface area contributed by atoms with Crippen LogP contribution in [-0.2, 0) is 26.4 Å². The topological polar surface area (TPSA) is 80.5 Å². The van der Waals surface area contributed by atoms with E-state index in [9.17, 15) is 27.5 Å². The van der Waals surface area contributed by atoms with E-state index in [0.29, 0.717) is 12.6 Å². The Kier molecular flexibility index (Phi) is 7.26. The molecule has 11 heteroatoms. The molecule has 0 aliphatic carbocycles. The summed E-state index contributed by atoms with van der Waals surface area (Å²) in [5.41, 5.74) is 1.58. The van der Waals surface area contributed by atoms with E-state index in [4.69, 9.17) is 4.74 Å². The second-order valence-corrected chi connectivity index (χ2v) is 9.64. The van der Waals surface area contributed by atoms with Gasteiger partial charge in [0.05, 0.1) is 28.7 Å². The van der Waals surface area contributed by atoms with Crippen molar-refractivity contribution in [2.45, 2.75) is 38.1 Å². The van der Waals surface area contributed by atoms with Gasteiger partial charge < -0.3 is 14.4 Å². The molecule has 7 nitrogen and oxygen atoms in total. The van der Waals surface area contributed by atoms with E-state index in [1.807, 2.05) is 17.7 Å². The van der Waals surface area contributed by atoms with E-state index in [1.165, 1.54) is 0 Å². The Morgan fingerprint density at radius 3 is 2.54 bits per heavy atom. The molecule has 0 unspecified atom stereocenters. The molecule has 2 aromatic heterocycles. The zero-order chi connectivity index (χ0) is 27.7. The number of likely N-dealkylation sites (tertiary alicyclic amines) is 1. The average Bonchev–Trinajstić information content (AvgIpc) is 3.22. The first-order valence-electron chi connectivity index (χ1n) is 12.4. The molecule has 3 heterocycles. The molecule has 1 saturated heterocycles. The third-order valence-electron chi connectivity index (χ3n) is 7.09. The van der Waals surface area contributed by atoms with Gasteiger partial charge in [0.2, 0.25) is 5.88 Å². The Balaban J connectivity index is 1.18. The predicted octanol–water partition coefficient (Wildman–Crippen LogP) is 5.78. The SMILES string of the molecule is Cn1c(CN2CCC(c3cccc(OCc4ccc(C(F)(F)F)cc4F)n3)CC2)nc2ccc(C(=O)O)cc21.